The minimum absolute atomic E-state index is 0.341. The summed E-state index contributed by atoms with van der Waals surface area (Å²) in [5.74, 6) is 0.889. The third-order valence-electron chi connectivity index (χ3n) is 5.60. The highest BCUT2D eigenvalue weighted by Gasteiger charge is 2.36. The first kappa shape index (κ1) is 23.4. The summed E-state index contributed by atoms with van der Waals surface area (Å²) >= 11 is 1.72. The fraction of sp³-hybridized carbons (Fsp3) is 0.333. The molecule has 5 nitrogen and oxygen atoms in total. The number of likely N-dealkylation sites (tertiary alicyclic amines) is 1. The van der Waals surface area contributed by atoms with Gasteiger partial charge in [0.25, 0.3) is 5.91 Å². The molecule has 33 heavy (non-hydrogen) atoms. The van der Waals surface area contributed by atoms with Gasteiger partial charge in [0.05, 0.1) is 10.9 Å². The van der Waals surface area contributed by atoms with E-state index in [1.54, 1.807) is 37.7 Å². The molecule has 1 amide bonds. The van der Waals surface area contributed by atoms with Crippen molar-refractivity contribution in [1.82, 2.24) is 10.3 Å². The number of carbonyl (C=O) groups excluding carboxylic acids is 1. The quantitative estimate of drug-likeness (QED) is 0.643. The van der Waals surface area contributed by atoms with Crippen LogP contribution in [-0.4, -0.2) is 29.1 Å². The van der Waals surface area contributed by atoms with E-state index in [2.05, 4.69) is 17.1 Å². The van der Waals surface area contributed by atoms with E-state index in [4.69, 9.17) is 4.42 Å². The molecule has 2 atom stereocenters. The molecular formula is C24H24F3N3O2S. The van der Waals surface area contributed by atoms with Crippen LogP contribution in [0.5, 0.6) is 0 Å². The number of nitrogens with one attached hydrogen (secondary N) is 1. The molecule has 2 aliphatic rings. The van der Waals surface area contributed by atoms with Crippen LogP contribution in [0, 0.1) is 13.8 Å². The van der Waals surface area contributed by atoms with Crippen LogP contribution in [0.3, 0.4) is 0 Å². The number of hydrogen-bond acceptors (Lipinski definition) is 5. The smallest absolute Gasteiger partial charge is 0.416 e. The van der Waals surface area contributed by atoms with Crippen molar-refractivity contribution in [3.05, 3.63) is 87.5 Å². The zero-order chi connectivity index (χ0) is 23.8. The average Bonchev–Trinajstić information content (AvgIpc) is 3.11. The number of aryl methyl sites for hydroxylation is 2. The summed E-state index contributed by atoms with van der Waals surface area (Å²) in [6.07, 6.45) is -1.58. The molecule has 0 radical (unpaired) electrons. The van der Waals surface area contributed by atoms with Crippen molar-refractivity contribution >= 4 is 17.7 Å². The fourth-order valence-corrected chi connectivity index (χ4v) is 5.30. The van der Waals surface area contributed by atoms with Crippen LogP contribution in [0.1, 0.15) is 35.1 Å². The molecule has 1 N–H and O–H groups in total. The minimum atomic E-state index is -4.44. The lowest BCUT2D eigenvalue weighted by molar-refractivity contribution is -0.137. The van der Waals surface area contributed by atoms with E-state index in [1.807, 2.05) is 11.0 Å². The highest BCUT2D eigenvalue weighted by atomic mass is 32.2. The number of carbonyl (C=O) groups is 1. The second-order valence-corrected chi connectivity index (χ2v) is 9.53. The topological polar surface area (TPSA) is 57.8 Å². The molecule has 2 unspecified atom stereocenters. The second-order valence-electron chi connectivity index (χ2n) is 8.20. The molecule has 0 saturated carbocycles. The first-order valence-corrected chi connectivity index (χ1v) is 11.4. The summed E-state index contributed by atoms with van der Waals surface area (Å²) in [7, 11) is 0. The summed E-state index contributed by atoms with van der Waals surface area (Å²) in [5.41, 5.74) is 3.51. The zero-order valence-corrected chi connectivity index (χ0v) is 19.1. The van der Waals surface area contributed by atoms with E-state index >= 15 is 0 Å². The number of nitrogens with zero attached hydrogens (tertiary/aromatic N) is 2. The molecule has 0 bridgehead atoms. The standard InChI is InChI=1S/C24H24F3N3O2S/c1-14-10-20(11-15(2)32-14)28-29-23(31)22(17-4-6-19(7-5-17)24(25,26)27)30-9-8-21-18(13-30)12-16(3)33-21/h4-7,10-12,21-22H,3,8-9,13H2,1-2H3,(H,29,31). The van der Waals surface area contributed by atoms with Crippen molar-refractivity contribution in [2.75, 3.05) is 13.1 Å². The summed E-state index contributed by atoms with van der Waals surface area (Å²) in [6, 6.07) is 7.36. The second kappa shape index (κ2) is 9.23. The third-order valence-corrected chi connectivity index (χ3v) is 6.85. The first-order chi connectivity index (χ1) is 15.6. The molecule has 1 saturated heterocycles. The van der Waals surface area contributed by atoms with Crippen LogP contribution in [0.25, 0.3) is 0 Å². The predicted molar refractivity (Wildman–Crippen MR) is 121 cm³/mol. The SMILES string of the molecule is C=C1C=C2CN(C(C(=O)NN=c3cc(C)oc(C)c3)c3ccc(C(F)(F)F)cc3)CCC2S1. The van der Waals surface area contributed by atoms with Gasteiger partial charge in [0.2, 0.25) is 0 Å². The van der Waals surface area contributed by atoms with Gasteiger partial charge in [-0.15, -0.1) is 11.8 Å². The maximum atomic E-state index is 13.3. The molecule has 3 heterocycles. The molecule has 174 valence electrons. The maximum absolute atomic E-state index is 13.3. The van der Waals surface area contributed by atoms with Crippen molar-refractivity contribution in [1.29, 1.82) is 0 Å². The van der Waals surface area contributed by atoms with Crippen molar-refractivity contribution in [2.45, 2.75) is 37.7 Å². The van der Waals surface area contributed by atoms with Crippen LogP contribution >= 0.6 is 11.8 Å². The lowest BCUT2D eigenvalue weighted by Gasteiger charge is -2.36. The van der Waals surface area contributed by atoms with Gasteiger partial charge < -0.3 is 4.42 Å². The number of piperidine rings is 1. The Kier molecular flexibility index (Phi) is 6.54. The largest absolute Gasteiger partial charge is 0.467 e. The molecule has 2 aliphatic heterocycles. The Labute approximate surface area is 194 Å². The molecule has 9 heteroatoms. The molecule has 2 aromatic rings. The van der Waals surface area contributed by atoms with Crippen LogP contribution in [-0.2, 0) is 11.0 Å². The maximum Gasteiger partial charge on any atom is 0.416 e. The van der Waals surface area contributed by atoms with Crippen molar-refractivity contribution in [3.63, 3.8) is 0 Å². The number of thioether (sulfide) groups is 1. The predicted octanol–water partition coefficient (Wildman–Crippen LogP) is 4.85. The fourth-order valence-electron chi connectivity index (χ4n) is 4.20. The molecule has 1 fully saturated rings. The van der Waals surface area contributed by atoms with Gasteiger partial charge in [0, 0.05) is 35.4 Å². The van der Waals surface area contributed by atoms with Gasteiger partial charge >= 0.3 is 6.18 Å². The van der Waals surface area contributed by atoms with Crippen molar-refractivity contribution in [2.24, 2.45) is 5.10 Å². The number of allylic oxidation sites excluding steroid dienone is 1. The van der Waals surface area contributed by atoms with Gasteiger partial charge in [-0.05, 0) is 49.6 Å². The highest BCUT2D eigenvalue weighted by molar-refractivity contribution is 8.04. The Morgan fingerprint density at radius 3 is 2.55 bits per heavy atom. The lowest BCUT2D eigenvalue weighted by atomic mass is 9.97. The third kappa shape index (κ3) is 5.42. The van der Waals surface area contributed by atoms with Crippen LogP contribution in [0.2, 0.25) is 0 Å². The van der Waals surface area contributed by atoms with E-state index in [0.717, 1.165) is 23.5 Å². The number of alkyl halides is 3. The first-order valence-electron chi connectivity index (χ1n) is 10.5. The Balaban J connectivity index is 1.64. The molecule has 4 rings (SSSR count). The van der Waals surface area contributed by atoms with Crippen LogP contribution in [0.4, 0.5) is 13.2 Å². The lowest BCUT2D eigenvalue weighted by Crippen LogP contribution is -2.44. The Bertz CT molecular complexity index is 1150. The number of hydrogen-bond donors (Lipinski definition) is 1. The summed E-state index contributed by atoms with van der Waals surface area (Å²) in [4.78, 5) is 16.3. The van der Waals surface area contributed by atoms with Crippen LogP contribution in [0.15, 0.2) is 69.0 Å². The van der Waals surface area contributed by atoms with Gasteiger partial charge in [-0.2, -0.15) is 18.3 Å². The van der Waals surface area contributed by atoms with Gasteiger partial charge in [-0.3, -0.25) is 9.69 Å². The van der Waals surface area contributed by atoms with E-state index in [9.17, 15) is 18.0 Å². The van der Waals surface area contributed by atoms with E-state index in [-0.39, 0.29) is 0 Å². The molecular weight excluding hydrogens is 451 g/mol. The number of amides is 1. The molecule has 0 spiro atoms. The van der Waals surface area contributed by atoms with Gasteiger partial charge in [-0.25, -0.2) is 5.43 Å². The number of benzene rings is 1. The van der Waals surface area contributed by atoms with E-state index < -0.39 is 23.7 Å². The minimum Gasteiger partial charge on any atom is -0.467 e. The monoisotopic (exact) mass is 475 g/mol. The van der Waals surface area contributed by atoms with Crippen molar-refractivity contribution < 1.29 is 22.4 Å². The number of rotatable bonds is 4. The summed E-state index contributed by atoms with van der Waals surface area (Å²) in [6.45, 7) is 8.74. The van der Waals surface area contributed by atoms with Gasteiger partial charge in [0.15, 0.2) is 0 Å². The summed E-state index contributed by atoms with van der Waals surface area (Å²) in [5, 5.41) is 5.08. The highest BCUT2D eigenvalue weighted by Crippen LogP contribution is 2.41. The van der Waals surface area contributed by atoms with E-state index in [0.29, 0.717) is 40.8 Å². The van der Waals surface area contributed by atoms with Gasteiger partial charge in [0.1, 0.15) is 17.6 Å². The number of fused-ring (bicyclic) bond motifs is 1. The van der Waals surface area contributed by atoms with Crippen molar-refractivity contribution in [3.8, 4) is 0 Å². The number of halogens is 3. The molecule has 1 aromatic heterocycles. The Hall–Kier alpha value is -2.78. The molecule has 1 aromatic carbocycles. The summed E-state index contributed by atoms with van der Waals surface area (Å²) < 4.78 is 44.6. The zero-order valence-electron chi connectivity index (χ0n) is 18.3. The van der Waals surface area contributed by atoms with Crippen LogP contribution < -0.4 is 10.8 Å². The Morgan fingerprint density at radius 1 is 1.24 bits per heavy atom. The van der Waals surface area contributed by atoms with E-state index in [1.165, 1.54) is 17.7 Å². The normalized spacial score (nSPS) is 19.6. The Morgan fingerprint density at radius 2 is 1.91 bits per heavy atom. The molecule has 0 aliphatic carbocycles. The van der Waals surface area contributed by atoms with Gasteiger partial charge in [-0.1, -0.05) is 18.7 Å². The average molecular weight is 476 g/mol.